The second-order valence-corrected chi connectivity index (χ2v) is 7.62. The van der Waals surface area contributed by atoms with Gasteiger partial charge in [-0.15, -0.1) is 0 Å². The van der Waals surface area contributed by atoms with Crippen molar-refractivity contribution in [2.24, 2.45) is 0 Å². The number of nitrogens with one attached hydrogen (secondary N) is 2. The normalized spacial score (nSPS) is 16.8. The van der Waals surface area contributed by atoms with Gasteiger partial charge >= 0.3 is 0 Å². The van der Waals surface area contributed by atoms with E-state index in [9.17, 15) is 4.79 Å². The largest absolute Gasteiger partial charge is 0.360 e. The summed E-state index contributed by atoms with van der Waals surface area (Å²) < 4.78 is 5.29. The summed E-state index contributed by atoms with van der Waals surface area (Å²) in [6.07, 6.45) is 6.83. The van der Waals surface area contributed by atoms with Gasteiger partial charge in [-0.3, -0.25) is 20.5 Å². The summed E-state index contributed by atoms with van der Waals surface area (Å²) >= 11 is 5.44. The van der Waals surface area contributed by atoms with Crippen molar-refractivity contribution < 1.29 is 9.32 Å². The van der Waals surface area contributed by atoms with Gasteiger partial charge in [0, 0.05) is 24.5 Å². The van der Waals surface area contributed by atoms with Crippen molar-refractivity contribution >= 4 is 23.2 Å². The molecule has 1 saturated heterocycles. The Balaban J connectivity index is 1.47. The van der Waals surface area contributed by atoms with Gasteiger partial charge in [0.2, 0.25) is 0 Å². The van der Waals surface area contributed by atoms with Crippen LogP contribution in [0.4, 0.5) is 0 Å². The van der Waals surface area contributed by atoms with Crippen molar-refractivity contribution in [3.63, 3.8) is 0 Å². The summed E-state index contributed by atoms with van der Waals surface area (Å²) in [5.41, 5.74) is 6.01. The molecule has 1 aromatic carbocycles. The highest BCUT2D eigenvalue weighted by Gasteiger charge is 2.26. The Morgan fingerprint density at radius 2 is 2.03 bits per heavy atom. The van der Waals surface area contributed by atoms with Crippen molar-refractivity contribution in [1.29, 1.82) is 0 Å². The van der Waals surface area contributed by atoms with Crippen LogP contribution in [0.15, 0.2) is 59.4 Å². The van der Waals surface area contributed by atoms with Crippen LogP contribution in [-0.4, -0.2) is 32.7 Å². The maximum atomic E-state index is 13.0. The lowest BCUT2D eigenvalue weighted by Gasteiger charge is -2.36. The van der Waals surface area contributed by atoms with Gasteiger partial charge in [-0.05, 0) is 43.6 Å². The van der Waals surface area contributed by atoms with Crippen molar-refractivity contribution in [2.75, 3.05) is 6.54 Å². The summed E-state index contributed by atoms with van der Waals surface area (Å²) in [5.74, 6) is 0.0976. The number of hydrazine groups is 1. The standard InChI is InChI=1S/C22H23N5O2S/c1-15-19(20(26-29-15)16-8-3-2-4-9-16)21(28)24-22(30)25-27-13-6-5-11-18(27)17-10-7-12-23-14-17/h2-4,7-10,12,14,18H,5-6,11,13H2,1H3,(H2,24,25,28,30)/t18-/m1/s1. The molecular weight excluding hydrogens is 398 g/mol. The quantitative estimate of drug-likeness (QED) is 0.620. The van der Waals surface area contributed by atoms with E-state index < -0.39 is 0 Å². The van der Waals surface area contributed by atoms with Gasteiger partial charge < -0.3 is 4.52 Å². The third-order valence-electron chi connectivity index (χ3n) is 5.18. The fourth-order valence-electron chi connectivity index (χ4n) is 3.74. The lowest BCUT2D eigenvalue weighted by Crippen LogP contribution is -2.51. The minimum atomic E-state index is -0.347. The summed E-state index contributed by atoms with van der Waals surface area (Å²) in [5, 5.41) is 9.16. The summed E-state index contributed by atoms with van der Waals surface area (Å²) in [6, 6.07) is 13.6. The van der Waals surface area contributed by atoms with Crippen molar-refractivity contribution in [2.45, 2.75) is 32.2 Å². The molecule has 1 atom stereocenters. The molecule has 8 heteroatoms. The molecule has 3 aromatic rings. The number of rotatable bonds is 4. The second-order valence-electron chi connectivity index (χ2n) is 7.21. The topological polar surface area (TPSA) is 83.3 Å². The zero-order valence-corrected chi connectivity index (χ0v) is 17.5. The van der Waals surface area contributed by atoms with Crippen LogP contribution in [0.3, 0.4) is 0 Å². The van der Waals surface area contributed by atoms with Crippen LogP contribution >= 0.6 is 12.2 Å². The van der Waals surface area contributed by atoms with E-state index in [2.05, 4.69) is 32.0 Å². The zero-order chi connectivity index (χ0) is 20.9. The predicted molar refractivity (Wildman–Crippen MR) is 117 cm³/mol. The highest BCUT2D eigenvalue weighted by atomic mass is 32.1. The number of benzene rings is 1. The van der Waals surface area contributed by atoms with E-state index in [1.165, 1.54) is 0 Å². The number of amides is 1. The lowest BCUT2D eigenvalue weighted by atomic mass is 9.98. The van der Waals surface area contributed by atoms with Crippen molar-refractivity contribution in [3.8, 4) is 11.3 Å². The van der Waals surface area contributed by atoms with Crippen LogP contribution in [-0.2, 0) is 0 Å². The summed E-state index contributed by atoms with van der Waals surface area (Å²) in [7, 11) is 0. The van der Waals surface area contributed by atoms with Crippen LogP contribution in [0.2, 0.25) is 0 Å². The molecule has 4 rings (SSSR count). The van der Waals surface area contributed by atoms with Gasteiger partial charge in [0.1, 0.15) is 17.0 Å². The number of hydrogen-bond donors (Lipinski definition) is 2. The molecule has 154 valence electrons. The van der Waals surface area contributed by atoms with Crippen LogP contribution in [0.5, 0.6) is 0 Å². The molecular formula is C22H23N5O2S. The van der Waals surface area contributed by atoms with Gasteiger partial charge in [-0.25, -0.2) is 5.01 Å². The first kappa shape index (κ1) is 20.2. The number of piperidine rings is 1. The Hall–Kier alpha value is -3.10. The SMILES string of the molecule is Cc1onc(-c2ccccc2)c1C(=O)NC(=S)NN1CCCC[C@@H]1c1cccnc1. The molecule has 0 unspecified atom stereocenters. The first-order valence-electron chi connectivity index (χ1n) is 9.93. The monoisotopic (exact) mass is 421 g/mol. The van der Waals surface area contributed by atoms with E-state index in [1.807, 2.05) is 42.6 Å². The molecule has 2 aromatic heterocycles. The molecule has 1 amide bonds. The highest BCUT2D eigenvalue weighted by molar-refractivity contribution is 7.80. The maximum Gasteiger partial charge on any atom is 0.263 e. The Kier molecular flexibility index (Phi) is 6.15. The summed E-state index contributed by atoms with van der Waals surface area (Å²) in [4.78, 5) is 17.2. The highest BCUT2D eigenvalue weighted by Crippen LogP contribution is 2.29. The van der Waals surface area contributed by atoms with Gasteiger partial charge in [0.25, 0.3) is 5.91 Å². The number of nitrogens with zero attached hydrogens (tertiary/aromatic N) is 3. The second kappa shape index (κ2) is 9.15. The molecule has 1 aliphatic rings. The predicted octanol–water partition coefficient (Wildman–Crippen LogP) is 3.79. The van der Waals surface area contributed by atoms with Crippen LogP contribution in [0.25, 0.3) is 11.3 Å². The Morgan fingerprint density at radius 1 is 1.20 bits per heavy atom. The number of carbonyl (C=O) groups is 1. The molecule has 0 bridgehead atoms. The molecule has 2 N–H and O–H groups in total. The molecule has 7 nitrogen and oxygen atoms in total. The van der Waals surface area contributed by atoms with Crippen LogP contribution in [0, 0.1) is 6.92 Å². The van der Waals surface area contributed by atoms with E-state index in [0.29, 0.717) is 17.0 Å². The van der Waals surface area contributed by atoms with E-state index >= 15 is 0 Å². The molecule has 0 radical (unpaired) electrons. The van der Waals surface area contributed by atoms with E-state index in [4.69, 9.17) is 16.7 Å². The zero-order valence-electron chi connectivity index (χ0n) is 16.7. The first-order valence-corrected chi connectivity index (χ1v) is 10.3. The molecule has 30 heavy (non-hydrogen) atoms. The molecule has 0 spiro atoms. The molecule has 1 aliphatic heterocycles. The molecule has 0 aliphatic carbocycles. The minimum Gasteiger partial charge on any atom is -0.360 e. The number of thiocarbonyl (C=S) groups is 1. The fraction of sp³-hybridized carbons (Fsp3) is 0.273. The van der Waals surface area contributed by atoms with Crippen LogP contribution in [0.1, 0.15) is 47.0 Å². The van der Waals surface area contributed by atoms with Gasteiger partial charge in [-0.1, -0.05) is 48.0 Å². The van der Waals surface area contributed by atoms with Gasteiger partial charge in [0.05, 0.1) is 6.04 Å². The third-order valence-corrected chi connectivity index (χ3v) is 5.37. The summed E-state index contributed by atoms with van der Waals surface area (Å²) in [6.45, 7) is 2.55. The average Bonchev–Trinajstić information content (AvgIpc) is 3.17. The molecule has 1 fully saturated rings. The average molecular weight is 422 g/mol. The smallest absolute Gasteiger partial charge is 0.263 e. The van der Waals surface area contributed by atoms with Crippen LogP contribution < -0.4 is 10.7 Å². The first-order chi connectivity index (χ1) is 14.6. The molecule has 3 heterocycles. The minimum absolute atomic E-state index is 0.152. The molecule has 0 saturated carbocycles. The van der Waals surface area contributed by atoms with E-state index in [-0.39, 0.29) is 17.1 Å². The number of aromatic nitrogens is 2. The number of pyridine rings is 1. The number of aryl methyl sites for hydroxylation is 1. The van der Waals surface area contributed by atoms with E-state index in [1.54, 1.807) is 13.1 Å². The maximum absolute atomic E-state index is 13.0. The third kappa shape index (κ3) is 4.39. The lowest BCUT2D eigenvalue weighted by molar-refractivity contribution is 0.0956. The Bertz CT molecular complexity index is 1020. The van der Waals surface area contributed by atoms with Crippen molar-refractivity contribution in [1.82, 2.24) is 25.9 Å². The van der Waals surface area contributed by atoms with Crippen molar-refractivity contribution in [3.05, 3.63) is 71.7 Å². The number of carbonyl (C=O) groups excluding carboxylic acids is 1. The van der Waals surface area contributed by atoms with Gasteiger partial charge in [0.15, 0.2) is 5.11 Å². The Labute approximate surface area is 180 Å². The number of hydrogen-bond acceptors (Lipinski definition) is 6. The van der Waals surface area contributed by atoms with Gasteiger partial charge in [-0.2, -0.15) is 0 Å². The van der Waals surface area contributed by atoms with E-state index in [0.717, 1.165) is 36.9 Å². The Morgan fingerprint density at radius 3 is 2.80 bits per heavy atom. The fourth-order valence-corrected chi connectivity index (χ4v) is 3.95.